The maximum atomic E-state index is 3.57. The molecule has 0 aromatic carbocycles. The van der Waals surface area contributed by atoms with Crippen molar-refractivity contribution in [3.63, 3.8) is 0 Å². The van der Waals surface area contributed by atoms with E-state index in [1.807, 2.05) is 11.8 Å². The predicted octanol–water partition coefficient (Wildman–Crippen LogP) is 2.99. The molecule has 1 aliphatic rings. The van der Waals surface area contributed by atoms with Gasteiger partial charge in [0, 0.05) is 0 Å². The van der Waals surface area contributed by atoms with Crippen molar-refractivity contribution in [3.05, 3.63) is 0 Å². The summed E-state index contributed by atoms with van der Waals surface area (Å²) in [6, 6.07) is 0. The molecule has 1 fully saturated rings. The fourth-order valence-corrected chi connectivity index (χ4v) is 2.90. The molecule has 1 saturated heterocycles. The van der Waals surface area contributed by atoms with Gasteiger partial charge in [0.1, 0.15) is 0 Å². The third-order valence-corrected chi connectivity index (χ3v) is 4.18. The van der Waals surface area contributed by atoms with Crippen molar-refractivity contribution in [1.82, 2.24) is 10.2 Å². The summed E-state index contributed by atoms with van der Waals surface area (Å²) in [5.74, 6) is 1.34. The Kier molecular flexibility index (Phi) is 10.2. The highest BCUT2D eigenvalue weighted by Crippen LogP contribution is 2.07. The first-order valence-electron chi connectivity index (χ1n) is 7.35. The number of unbranched alkanes of at least 4 members (excludes halogenated alkanes) is 3. The Morgan fingerprint density at radius 2 is 1.65 bits per heavy atom. The summed E-state index contributed by atoms with van der Waals surface area (Å²) in [5, 5.41) is 3.57. The topological polar surface area (TPSA) is 15.3 Å². The molecule has 2 nitrogen and oxygen atoms in total. The summed E-state index contributed by atoms with van der Waals surface area (Å²) in [6.07, 6.45) is 11.9. The van der Waals surface area contributed by atoms with Crippen LogP contribution in [0.4, 0.5) is 0 Å². The van der Waals surface area contributed by atoms with Gasteiger partial charge in [0.15, 0.2) is 0 Å². The predicted molar refractivity (Wildman–Crippen MR) is 80.0 cm³/mol. The van der Waals surface area contributed by atoms with Crippen LogP contribution in [0.15, 0.2) is 0 Å². The molecule has 0 amide bonds. The van der Waals surface area contributed by atoms with Crippen molar-refractivity contribution in [2.75, 3.05) is 44.7 Å². The minimum absolute atomic E-state index is 1.21. The monoisotopic (exact) mass is 258 g/mol. The zero-order valence-electron chi connectivity index (χ0n) is 11.5. The van der Waals surface area contributed by atoms with Gasteiger partial charge in [0.05, 0.1) is 0 Å². The molecule has 0 atom stereocenters. The Labute approximate surface area is 112 Å². The summed E-state index contributed by atoms with van der Waals surface area (Å²) in [5.41, 5.74) is 0. The van der Waals surface area contributed by atoms with E-state index in [0.29, 0.717) is 0 Å². The Hall–Kier alpha value is 0.270. The van der Waals surface area contributed by atoms with E-state index in [0.717, 1.165) is 0 Å². The standard InChI is InChI=1S/C14H30N2S/c1-17-14-7-3-2-4-9-15-10-8-13-16-11-5-6-12-16/h15H,2-14H2,1H3. The molecule has 17 heavy (non-hydrogen) atoms. The van der Waals surface area contributed by atoms with Gasteiger partial charge in [0.25, 0.3) is 0 Å². The van der Waals surface area contributed by atoms with Gasteiger partial charge in [-0.3, -0.25) is 0 Å². The lowest BCUT2D eigenvalue weighted by molar-refractivity contribution is 0.331. The molecule has 0 saturated carbocycles. The van der Waals surface area contributed by atoms with E-state index in [1.165, 1.54) is 83.4 Å². The van der Waals surface area contributed by atoms with Crippen molar-refractivity contribution in [1.29, 1.82) is 0 Å². The average molecular weight is 258 g/mol. The highest BCUT2D eigenvalue weighted by molar-refractivity contribution is 7.98. The molecule has 0 bridgehead atoms. The van der Waals surface area contributed by atoms with Crippen LogP contribution in [0.5, 0.6) is 0 Å². The third kappa shape index (κ3) is 8.92. The maximum absolute atomic E-state index is 3.57. The van der Waals surface area contributed by atoms with E-state index in [9.17, 15) is 0 Å². The number of hydrogen-bond donors (Lipinski definition) is 1. The Balaban J connectivity index is 1.69. The van der Waals surface area contributed by atoms with Crippen LogP contribution in [0.1, 0.15) is 44.9 Å². The summed E-state index contributed by atoms with van der Waals surface area (Å²) in [7, 11) is 0. The number of nitrogens with one attached hydrogen (secondary N) is 1. The lowest BCUT2D eigenvalue weighted by atomic mass is 10.2. The van der Waals surface area contributed by atoms with Gasteiger partial charge in [-0.05, 0) is 76.8 Å². The van der Waals surface area contributed by atoms with E-state index < -0.39 is 0 Å². The molecule has 1 heterocycles. The molecule has 0 unspecified atom stereocenters. The summed E-state index contributed by atoms with van der Waals surface area (Å²) in [4.78, 5) is 2.60. The lowest BCUT2D eigenvalue weighted by Gasteiger charge is -2.14. The van der Waals surface area contributed by atoms with Gasteiger partial charge in [-0.2, -0.15) is 11.8 Å². The smallest absolute Gasteiger partial charge is 0.000664 e. The average Bonchev–Trinajstić information content (AvgIpc) is 2.85. The van der Waals surface area contributed by atoms with Crippen LogP contribution in [0, 0.1) is 0 Å². The lowest BCUT2D eigenvalue weighted by Crippen LogP contribution is -2.25. The number of likely N-dealkylation sites (tertiary alicyclic amines) is 1. The first kappa shape index (κ1) is 15.3. The second-order valence-electron chi connectivity index (χ2n) is 5.06. The molecular weight excluding hydrogens is 228 g/mol. The SMILES string of the molecule is CSCCCCCCNCCCN1CCCC1. The van der Waals surface area contributed by atoms with Gasteiger partial charge < -0.3 is 10.2 Å². The molecule has 0 aromatic rings. The minimum atomic E-state index is 1.21. The second kappa shape index (κ2) is 11.4. The second-order valence-corrected chi connectivity index (χ2v) is 6.04. The number of nitrogens with zero attached hydrogens (tertiary/aromatic N) is 1. The van der Waals surface area contributed by atoms with Crippen LogP contribution in [-0.4, -0.2) is 49.6 Å². The maximum Gasteiger partial charge on any atom is -0.000664 e. The third-order valence-electron chi connectivity index (χ3n) is 3.48. The van der Waals surface area contributed by atoms with Gasteiger partial charge in [-0.1, -0.05) is 12.8 Å². The zero-order valence-corrected chi connectivity index (χ0v) is 12.4. The molecule has 102 valence electrons. The minimum Gasteiger partial charge on any atom is -0.317 e. The molecule has 0 radical (unpaired) electrons. The van der Waals surface area contributed by atoms with E-state index in [2.05, 4.69) is 16.5 Å². The van der Waals surface area contributed by atoms with Crippen molar-refractivity contribution in [2.24, 2.45) is 0 Å². The number of hydrogen-bond acceptors (Lipinski definition) is 3. The summed E-state index contributed by atoms with van der Waals surface area (Å²) in [6.45, 7) is 6.42. The summed E-state index contributed by atoms with van der Waals surface area (Å²) < 4.78 is 0. The number of thioether (sulfide) groups is 1. The van der Waals surface area contributed by atoms with Crippen molar-refractivity contribution < 1.29 is 0 Å². The van der Waals surface area contributed by atoms with Crippen molar-refractivity contribution >= 4 is 11.8 Å². The molecule has 0 spiro atoms. The molecular formula is C14H30N2S. The van der Waals surface area contributed by atoms with Crippen LogP contribution in [0.3, 0.4) is 0 Å². The van der Waals surface area contributed by atoms with Crippen LogP contribution >= 0.6 is 11.8 Å². The normalized spacial score (nSPS) is 16.8. The molecule has 0 aromatic heterocycles. The molecule has 3 heteroatoms. The Morgan fingerprint density at radius 3 is 2.41 bits per heavy atom. The number of rotatable bonds is 11. The highest BCUT2D eigenvalue weighted by Gasteiger charge is 2.09. The molecule has 1 rings (SSSR count). The molecule has 1 N–H and O–H groups in total. The Morgan fingerprint density at radius 1 is 0.941 bits per heavy atom. The van der Waals surface area contributed by atoms with Gasteiger partial charge in [-0.25, -0.2) is 0 Å². The van der Waals surface area contributed by atoms with Crippen LogP contribution < -0.4 is 5.32 Å². The van der Waals surface area contributed by atoms with E-state index in [4.69, 9.17) is 0 Å². The quantitative estimate of drug-likeness (QED) is 0.574. The molecule has 0 aliphatic carbocycles. The largest absolute Gasteiger partial charge is 0.317 e. The zero-order chi connectivity index (χ0) is 12.2. The first-order chi connectivity index (χ1) is 8.43. The fraction of sp³-hybridized carbons (Fsp3) is 1.00. The van der Waals surface area contributed by atoms with Crippen LogP contribution in [0.25, 0.3) is 0 Å². The Bertz CT molecular complexity index is 158. The van der Waals surface area contributed by atoms with E-state index in [-0.39, 0.29) is 0 Å². The summed E-state index contributed by atoms with van der Waals surface area (Å²) >= 11 is 1.97. The van der Waals surface area contributed by atoms with Crippen molar-refractivity contribution in [3.8, 4) is 0 Å². The van der Waals surface area contributed by atoms with Crippen LogP contribution in [0.2, 0.25) is 0 Å². The van der Waals surface area contributed by atoms with Crippen molar-refractivity contribution in [2.45, 2.75) is 44.9 Å². The van der Waals surface area contributed by atoms with Gasteiger partial charge in [0.2, 0.25) is 0 Å². The molecule has 1 aliphatic heterocycles. The van der Waals surface area contributed by atoms with Gasteiger partial charge in [-0.15, -0.1) is 0 Å². The van der Waals surface area contributed by atoms with Gasteiger partial charge >= 0.3 is 0 Å². The van der Waals surface area contributed by atoms with E-state index in [1.54, 1.807) is 0 Å². The first-order valence-corrected chi connectivity index (χ1v) is 8.75. The highest BCUT2D eigenvalue weighted by atomic mass is 32.2. The fourth-order valence-electron chi connectivity index (χ4n) is 2.41. The van der Waals surface area contributed by atoms with Crippen LogP contribution in [-0.2, 0) is 0 Å². The van der Waals surface area contributed by atoms with E-state index >= 15 is 0 Å².